The average molecular weight is 387 g/mol. The van der Waals surface area contributed by atoms with Gasteiger partial charge in [0.1, 0.15) is 6.54 Å². The summed E-state index contributed by atoms with van der Waals surface area (Å²) in [7, 11) is -0.835. The van der Waals surface area contributed by atoms with Crippen molar-refractivity contribution < 1.29 is 13.2 Å². The number of nitrogens with zero attached hydrogens (tertiary/aromatic N) is 2. The van der Waals surface area contributed by atoms with E-state index in [-0.39, 0.29) is 33.1 Å². The van der Waals surface area contributed by atoms with Crippen LogP contribution in [0.3, 0.4) is 0 Å². The Kier molecular flexibility index (Phi) is 5.74. The third kappa shape index (κ3) is 4.20. The first-order valence-electron chi connectivity index (χ1n) is 6.96. The molecular formula is C16H16Cl2N2O3S. The quantitative estimate of drug-likeness (QED) is 0.791. The Balaban J connectivity index is 2.56. The highest BCUT2D eigenvalue weighted by atomic mass is 35.5. The van der Waals surface area contributed by atoms with Crippen molar-refractivity contribution in [3.05, 3.63) is 58.6 Å². The lowest BCUT2D eigenvalue weighted by Gasteiger charge is -2.25. The first kappa shape index (κ1) is 18.6. The molecule has 24 heavy (non-hydrogen) atoms. The van der Waals surface area contributed by atoms with Crippen LogP contribution in [-0.4, -0.2) is 39.9 Å². The molecule has 8 heteroatoms. The Bertz CT molecular complexity index is 819. The number of anilines is 1. The lowest BCUT2D eigenvalue weighted by molar-refractivity contribution is -0.127. The Morgan fingerprint density at radius 1 is 1.00 bits per heavy atom. The highest BCUT2D eigenvalue weighted by molar-refractivity contribution is 7.92. The number of rotatable bonds is 5. The number of benzene rings is 2. The van der Waals surface area contributed by atoms with Gasteiger partial charge in [0.25, 0.3) is 10.0 Å². The summed E-state index contributed by atoms with van der Waals surface area (Å²) in [6.07, 6.45) is 0. The standard InChI is InChI=1S/C16H16Cl2N2O3S/c1-19(2)16(21)11-20(14-9-12(17)8-13(18)10-14)24(22,23)15-6-4-3-5-7-15/h3-10H,11H2,1-2H3. The van der Waals surface area contributed by atoms with Gasteiger partial charge in [-0.3, -0.25) is 9.10 Å². The summed E-state index contributed by atoms with van der Waals surface area (Å²) in [6.45, 7) is -0.360. The van der Waals surface area contributed by atoms with Crippen LogP contribution in [0.5, 0.6) is 0 Å². The lowest BCUT2D eigenvalue weighted by atomic mass is 10.3. The highest BCUT2D eigenvalue weighted by Crippen LogP contribution is 2.29. The summed E-state index contributed by atoms with van der Waals surface area (Å²) < 4.78 is 27.0. The Morgan fingerprint density at radius 3 is 2.04 bits per heavy atom. The first-order valence-corrected chi connectivity index (χ1v) is 9.15. The van der Waals surface area contributed by atoms with Crippen molar-refractivity contribution >= 4 is 44.8 Å². The van der Waals surface area contributed by atoms with Crippen LogP contribution in [0.4, 0.5) is 5.69 Å². The molecule has 0 radical (unpaired) electrons. The topological polar surface area (TPSA) is 57.7 Å². The van der Waals surface area contributed by atoms with Gasteiger partial charge in [0.05, 0.1) is 10.6 Å². The van der Waals surface area contributed by atoms with Gasteiger partial charge < -0.3 is 4.90 Å². The van der Waals surface area contributed by atoms with E-state index in [1.54, 1.807) is 32.3 Å². The zero-order chi connectivity index (χ0) is 17.9. The normalized spacial score (nSPS) is 11.2. The fourth-order valence-electron chi connectivity index (χ4n) is 1.98. The summed E-state index contributed by atoms with van der Waals surface area (Å²) in [5.41, 5.74) is 0.228. The first-order chi connectivity index (χ1) is 11.2. The van der Waals surface area contributed by atoms with Crippen molar-refractivity contribution in [1.29, 1.82) is 0 Å². The molecule has 2 rings (SSSR count). The van der Waals surface area contributed by atoms with Gasteiger partial charge in [0.2, 0.25) is 5.91 Å². The van der Waals surface area contributed by atoms with E-state index in [0.29, 0.717) is 0 Å². The van der Waals surface area contributed by atoms with E-state index in [4.69, 9.17) is 23.2 Å². The van der Waals surface area contributed by atoms with Crippen LogP contribution in [0, 0.1) is 0 Å². The summed E-state index contributed by atoms with van der Waals surface area (Å²) in [4.78, 5) is 13.5. The number of sulfonamides is 1. The predicted octanol–water partition coefficient (Wildman–Crippen LogP) is 3.28. The maximum absolute atomic E-state index is 13.0. The van der Waals surface area contributed by atoms with E-state index in [1.165, 1.54) is 35.2 Å². The maximum Gasteiger partial charge on any atom is 0.264 e. The molecule has 128 valence electrons. The van der Waals surface area contributed by atoms with Crippen molar-refractivity contribution in [2.75, 3.05) is 24.9 Å². The maximum atomic E-state index is 13.0. The molecule has 0 aliphatic carbocycles. The molecule has 0 bridgehead atoms. The largest absolute Gasteiger partial charge is 0.347 e. The third-order valence-electron chi connectivity index (χ3n) is 3.24. The van der Waals surface area contributed by atoms with Crippen LogP contribution < -0.4 is 4.31 Å². The molecule has 2 aromatic rings. The molecule has 0 aromatic heterocycles. The van der Waals surface area contributed by atoms with Gasteiger partial charge in [0, 0.05) is 24.1 Å². The van der Waals surface area contributed by atoms with Gasteiger partial charge >= 0.3 is 0 Å². The number of halogens is 2. The number of carbonyl (C=O) groups is 1. The second-order valence-electron chi connectivity index (χ2n) is 5.24. The number of hydrogen-bond donors (Lipinski definition) is 0. The molecular weight excluding hydrogens is 371 g/mol. The minimum atomic E-state index is -3.95. The fraction of sp³-hybridized carbons (Fsp3) is 0.188. The van der Waals surface area contributed by atoms with E-state index >= 15 is 0 Å². The summed E-state index contributed by atoms with van der Waals surface area (Å²) >= 11 is 12.0. The zero-order valence-electron chi connectivity index (χ0n) is 13.1. The van der Waals surface area contributed by atoms with Gasteiger partial charge in [-0.05, 0) is 30.3 Å². The van der Waals surface area contributed by atoms with Crippen LogP contribution in [-0.2, 0) is 14.8 Å². The third-order valence-corrected chi connectivity index (χ3v) is 5.47. The van der Waals surface area contributed by atoms with E-state index in [1.807, 2.05) is 0 Å². The van der Waals surface area contributed by atoms with Gasteiger partial charge in [-0.2, -0.15) is 0 Å². The molecule has 2 aromatic carbocycles. The smallest absolute Gasteiger partial charge is 0.264 e. The molecule has 0 saturated heterocycles. The molecule has 0 atom stereocenters. The summed E-state index contributed by atoms with van der Waals surface area (Å²) in [5, 5.41) is 0.561. The zero-order valence-corrected chi connectivity index (χ0v) is 15.4. The van der Waals surface area contributed by atoms with Crippen LogP contribution in [0.15, 0.2) is 53.4 Å². The van der Waals surface area contributed by atoms with Crippen molar-refractivity contribution in [2.45, 2.75) is 4.90 Å². The second kappa shape index (κ2) is 7.42. The fourth-order valence-corrected chi connectivity index (χ4v) is 3.92. The molecule has 0 spiro atoms. The number of carbonyl (C=O) groups excluding carboxylic acids is 1. The summed E-state index contributed by atoms with van der Waals surface area (Å²) in [5.74, 6) is -0.370. The molecule has 0 unspecified atom stereocenters. The van der Waals surface area contributed by atoms with Gasteiger partial charge in [-0.25, -0.2) is 8.42 Å². The second-order valence-corrected chi connectivity index (χ2v) is 7.98. The Labute approximate surface area is 151 Å². The molecule has 1 amide bonds. The van der Waals surface area contributed by atoms with Gasteiger partial charge in [0.15, 0.2) is 0 Å². The van der Waals surface area contributed by atoms with Crippen molar-refractivity contribution in [2.24, 2.45) is 0 Å². The molecule has 0 N–H and O–H groups in total. The average Bonchev–Trinajstić information content (AvgIpc) is 2.51. The molecule has 0 saturated carbocycles. The van der Waals surface area contributed by atoms with E-state index in [0.717, 1.165) is 4.31 Å². The highest BCUT2D eigenvalue weighted by Gasteiger charge is 2.28. The van der Waals surface area contributed by atoms with E-state index < -0.39 is 10.0 Å². The Hall–Kier alpha value is -1.76. The Morgan fingerprint density at radius 2 is 1.54 bits per heavy atom. The van der Waals surface area contributed by atoms with Crippen molar-refractivity contribution in [1.82, 2.24) is 4.90 Å². The van der Waals surface area contributed by atoms with Gasteiger partial charge in [-0.15, -0.1) is 0 Å². The lowest BCUT2D eigenvalue weighted by Crippen LogP contribution is -2.40. The molecule has 0 fully saturated rings. The van der Waals surface area contributed by atoms with Crippen LogP contribution in [0.1, 0.15) is 0 Å². The van der Waals surface area contributed by atoms with E-state index in [2.05, 4.69) is 0 Å². The monoisotopic (exact) mass is 386 g/mol. The number of likely N-dealkylation sites (N-methyl/N-ethyl adjacent to an activating group) is 1. The molecule has 5 nitrogen and oxygen atoms in total. The van der Waals surface area contributed by atoms with Crippen LogP contribution in [0.2, 0.25) is 10.0 Å². The summed E-state index contributed by atoms with van der Waals surface area (Å²) in [6, 6.07) is 12.3. The van der Waals surface area contributed by atoms with Crippen molar-refractivity contribution in [3.63, 3.8) is 0 Å². The van der Waals surface area contributed by atoms with E-state index in [9.17, 15) is 13.2 Å². The number of hydrogen-bond acceptors (Lipinski definition) is 3. The van der Waals surface area contributed by atoms with Gasteiger partial charge in [-0.1, -0.05) is 41.4 Å². The van der Waals surface area contributed by atoms with Crippen molar-refractivity contribution in [3.8, 4) is 0 Å². The minimum Gasteiger partial charge on any atom is -0.347 e. The molecule has 0 aliphatic heterocycles. The van der Waals surface area contributed by atoms with Crippen LogP contribution in [0.25, 0.3) is 0 Å². The SMILES string of the molecule is CN(C)C(=O)CN(c1cc(Cl)cc(Cl)c1)S(=O)(=O)c1ccccc1. The van der Waals surface area contributed by atoms with Crippen LogP contribution >= 0.6 is 23.2 Å². The molecule has 0 aliphatic rings. The minimum absolute atomic E-state index is 0.0765. The number of amides is 1. The predicted molar refractivity (Wildman–Crippen MR) is 96.1 cm³/mol. The molecule has 0 heterocycles.